The van der Waals surface area contributed by atoms with Crippen LogP contribution in [0.4, 0.5) is 5.69 Å². The molecular weight excluding hydrogens is 429 g/mol. The molecule has 1 N–H and O–H groups in total. The van der Waals surface area contributed by atoms with Gasteiger partial charge in [-0.15, -0.1) is 0 Å². The Morgan fingerprint density at radius 1 is 1.03 bits per heavy atom. The Balaban J connectivity index is 1.67. The fourth-order valence-electron chi connectivity index (χ4n) is 2.94. The highest BCUT2D eigenvalue weighted by molar-refractivity contribution is 6.42. The largest absolute Gasteiger partial charge is 0.482 e. The van der Waals surface area contributed by atoms with E-state index < -0.39 is 4.92 Å². The van der Waals surface area contributed by atoms with E-state index in [1.54, 1.807) is 48.5 Å². The maximum atomic E-state index is 12.3. The van der Waals surface area contributed by atoms with E-state index in [0.29, 0.717) is 32.1 Å². The van der Waals surface area contributed by atoms with Gasteiger partial charge in [0.2, 0.25) is 0 Å². The SMILES string of the molecule is O=c1[nH]c(-c2ccc(OCc3ccc(Cl)c(Cl)c3)c([N+](=O)[O-])c2)nc2ccccc12. The standard InChI is InChI=1S/C21H13Cl2N3O4/c22-15-7-5-12(9-16(15)23)11-30-19-8-6-13(10-18(19)26(28)29)20-24-17-4-2-1-3-14(17)21(27)25-20/h1-10H,11H2,(H,24,25,27). The van der Waals surface area contributed by atoms with Crippen LogP contribution in [0, 0.1) is 10.1 Å². The van der Waals surface area contributed by atoms with Gasteiger partial charge in [0.25, 0.3) is 5.56 Å². The number of ether oxygens (including phenoxy) is 1. The number of halogens is 2. The molecule has 0 saturated carbocycles. The Hall–Kier alpha value is -3.42. The van der Waals surface area contributed by atoms with Gasteiger partial charge in [0.15, 0.2) is 5.75 Å². The van der Waals surface area contributed by atoms with Crippen molar-refractivity contribution in [1.29, 1.82) is 0 Å². The summed E-state index contributed by atoms with van der Waals surface area (Å²) >= 11 is 11.9. The van der Waals surface area contributed by atoms with E-state index in [9.17, 15) is 14.9 Å². The lowest BCUT2D eigenvalue weighted by Gasteiger charge is -2.09. The molecule has 0 aliphatic heterocycles. The van der Waals surface area contributed by atoms with Gasteiger partial charge in [-0.3, -0.25) is 14.9 Å². The minimum atomic E-state index is -0.549. The number of H-pyrrole nitrogens is 1. The molecular formula is C21H13Cl2N3O4. The molecule has 0 saturated heterocycles. The van der Waals surface area contributed by atoms with Gasteiger partial charge in [-0.05, 0) is 42.0 Å². The topological polar surface area (TPSA) is 98.1 Å². The molecule has 0 fully saturated rings. The fourth-order valence-corrected chi connectivity index (χ4v) is 3.26. The van der Waals surface area contributed by atoms with E-state index in [4.69, 9.17) is 27.9 Å². The van der Waals surface area contributed by atoms with Crippen LogP contribution < -0.4 is 10.3 Å². The first kappa shape index (κ1) is 19.9. The van der Waals surface area contributed by atoms with Crippen LogP contribution in [-0.4, -0.2) is 14.9 Å². The van der Waals surface area contributed by atoms with Crippen LogP contribution in [0.1, 0.15) is 5.56 Å². The normalized spacial score (nSPS) is 10.9. The second kappa shape index (κ2) is 8.14. The number of aromatic amines is 1. The molecule has 1 heterocycles. The van der Waals surface area contributed by atoms with Crippen LogP contribution in [0.3, 0.4) is 0 Å². The zero-order chi connectivity index (χ0) is 21.3. The summed E-state index contributed by atoms with van der Waals surface area (Å²) in [7, 11) is 0. The van der Waals surface area contributed by atoms with Gasteiger partial charge in [0.05, 0.1) is 25.9 Å². The van der Waals surface area contributed by atoms with Crippen LogP contribution in [0.2, 0.25) is 10.0 Å². The molecule has 150 valence electrons. The van der Waals surface area contributed by atoms with E-state index >= 15 is 0 Å². The summed E-state index contributed by atoms with van der Waals surface area (Å²) in [5, 5.41) is 12.8. The number of benzene rings is 3. The smallest absolute Gasteiger partial charge is 0.311 e. The van der Waals surface area contributed by atoms with Gasteiger partial charge in [-0.2, -0.15) is 0 Å². The average molecular weight is 442 g/mol. The molecule has 0 aliphatic rings. The van der Waals surface area contributed by atoms with Crippen molar-refractivity contribution >= 4 is 39.8 Å². The number of hydrogen-bond acceptors (Lipinski definition) is 5. The Bertz CT molecular complexity index is 1340. The number of nitrogens with one attached hydrogen (secondary N) is 1. The van der Waals surface area contributed by atoms with Crippen molar-refractivity contribution in [3.8, 4) is 17.1 Å². The van der Waals surface area contributed by atoms with E-state index in [1.165, 1.54) is 12.1 Å². The third-order valence-electron chi connectivity index (χ3n) is 4.42. The second-order valence-electron chi connectivity index (χ2n) is 6.41. The molecule has 0 bridgehead atoms. The number of nitro groups is 1. The fraction of sp³-hybridized carbons (Fsp3) is 0.0476. The number of para-hydroxylation sites is 1. The Labute approximate surface area is 180 Å². The molecule has 1 aromatic heterocycles. The number of nitrogens with zero attached hydrogens (tertiary/aromatic N) is 2. The molecule has 0 amide bonds. The van der Waals surface area contributed by atoms with Crippen LogP contribution in [0.25, 0.3) is 22.3 Å². The van der Waals surface area contributed by atoms with Crippen LogP contribution in [0.5, 0.6) is 5.75 Å². The Morgan fingerprint density at radius 2 is 1.83 bits per heavy atom. The van der Waals surface area contributed by atoms with Crippen molar-refractivity contribution in [3.05, 3.63) is 96.7 Å². The summed E-state index contributed by atoms with van der Waals surface area (Å²) in [6, 6.07) is 16.2. The van der Waals surface area contributed by atoms with Gasteiger partial charge in [0, 0.05) is 11.6 Å². The van der Waals surface area contributed by atoms with E-state index in [1.807, 2.05) is 0 Å². The number of hydrogen-bond donors (Lipinski definition) is 1. The molecule has 3 aromatic carbocycles. The Kier molecular flexibility index (Phi) is 5.39. The third-order valence-corrected chi connectivity index (χ3v) is 5.16. The maximum absolute atomic E-state index is 12.3. The highest BCUT2D eigenvalue weighted by Crippen LogP contribution is 2.32. The molecule has 0 aliphatic carbocycles. The summed E-state index contributed by atoms with van der Waals surface area (Å²) in [5.41, 5.74) is 1.04. The predicted octanol–water partition coefficient (Wildman–Crippen LogP) is 5.38. The van der Waals surface area contributed by atoms with Crippen LogP contribution in [-0.2, 0) is 6.61 Å². The van der Waals surface area contributed by atoms with Crippen molar-refractivity contribution in [2.45, 2.75) is 6.61 Å². The quantitative estimate of drug-likeness (QED) is 0.330. The van der Waals surface area contributed by atoms with Gasteiger partial charge < -0.3 is 9.72 Å². The summed E-state index contributed by atoms with van der Waals surface area (Å²) in [6.45, 7) is 0.0716. The first-order valence-corrected chi connectivity index (χ1v) is 9.52. The van der Waals surface area contributed by atoms with Crippen molar-refractivity contribution < 1.29 is 9.66 Å². The van der Waals surface area contributed by atoms with Gasteiger partial charge in [-0.25, -0.2) is 4.98 Å². The zero-order valence-corrected chi connectivity index (χ0v) is 16.8. The molecule has 0 radical (unpaired) electrons. The Morgan fingerprint density at radius 3 is 2.60 bits per heavy atom. The minimum Gasteiger partial charge on any atom is -0.482 e. The van der Waals surface area contributed by atoms with E-state index in [2.05, 4.69) is 9.97 Å². The molecule has 9 heteroatoms. The first-order chi connectivity index (χ1) is 14.4. The number of rotatable bonds is 5. The molecule has 0 atom stereocenters. The maximum Gasteiger partial charge on any atom is 0.311 e. The monoisotopic (exact) mass is 441 g/mol. The molecule has 0 spiro atoms. The first-order valence-electron chi connectivity index (χ1n) is 8.77. The molecule has 7 nitrogen and oxygen atoms in total. The average Bonchev–Trinajstić information content (AvgIpc) is 2.74. The van der Waals surface area contributed by atoms with Gasteiger partial charge in [-0.1, -0.05) is 41.4 Å². The molecule has 30 heavy (non-hydrogen) atoms. The molecule has 4 rings (SSSR count). The van der Waals surface area contributed by atoms with Gasteiger partial charge >= 0.3 is 5.69 Å². The van der Waals surface area contributed by atoms with E-state index in [-0.39, 0.29) is 29.4 Å². The van der Waals surface area contributed by atoms with Crippen molar-refractivity contribution in [2.24, 2.45) is 0 Å². The molecule has 4 aromatic rings. The molecule has 0 unspecified atom stereocenters. The predicted molar refractivity (Wildman–Crippen MR) is 115 cm³/mol. The van der Waals surface area contributed by atoms with E-state index in [0.717, 1.165) is 0 Å². The number of nitro benzene ring substituents is 1. The highest BCUT2D eigenvalue weighted by Gasteiger charge is 2.18. The second-order valence-corrected chi connectivity index (χ2v) is 7.22. The number of aromatic nitrogens is 2. The highest BCUT2D eigenvalue weighted by atomic mass is 35.5. The minimum absolute atomic E-state index is 0.0716. The van der Waals surface area contributed by atoms with Crippen LogP contribution >= 0.6 is 23.2 Å². The van der Waals surface area contributed by atoms with Crippen molar-refractivity contribution in [2.75, 3.05) is 0 Å². The lowest BCUT2D eigenvalue weighted by atomic mass is 10.1. The lowest BCUT2D eigenvalue weighted by molar-refractivity contribution is -0.385. The summed E-state index contributed by atoms with van der Waals surface area (Å²) in [6.07, 6.45) is 0. The summed E-state index contributed by atoms with van der Waals surface area (Å²) in [4.78, 5) is 30.4. The van der Waals surface area contributed by atoms with Crippen LogP contribution in [0.15, 0.2) is 65.5 Å². The third kappa shape index (κ3) is 3.98. The van der Waals surface area contributed by atoms with Gasteiger partial charge in [0.1, 0.15) is 12.4 Å². The number of fused-ring (bicyclic) bond motifs is 1. The zero-order valence-electron chi connectivity index (χ0n) is 15.3. The lowest BCUT2D eigenvalue weighted by Crippen LogP contribution is -2.09. The van der Waals surface area contributed by atoms with Crippen molar-refractivity contribution in [1.82, 2.24) is 9.97 Å². The summed E-state index contributed by atoms with van der Waals surface area (Å²) < 4.78 is 5.63. The summed E-state index contributed by atoms with van der Waals surface area (Å²) in [5.74, 6) is 0.316. The van der Waals surface area contributed by atoms with Crippen molar-refractivity contribution in [3.63, 3.8) is 0 Å².